The molecule has 6 heteroatoms. The van der Waals surface area contributed by atoms with Crippen molar-refractivity contribution in [3.63, 3.8) is 0 Å². The minimum atomic E-state index is -3.83. The van der Waals surface area contributed by atoms with Crippen molar-refractivity contribution in [2.75, 3.05) is 5.32 Å². The normalized spacial score (nSPS) is 11.7. The van der Waals surface area contributed by atoms with Gasteiger partial charge in [-0.25, -0.2) is 8.42 Å². The molecule has 0 saturated carbocycles. The molecule has 0 atom stereocenters. The zero-order valence-corrected chi connectivity index (χ0v) is 12.4. The van der Waals surface area contributed by atoms with E-state index in [1.54, 1.807) is 48.5 Å². The Kier molecular flexibility index (Phi) is 4.63. The van der Waals surface area contributed by atoms with Crippen molar-refractivity contribution >= 4 is 27.1 Å². The molecule has 0 saturated heterocycles. The predicted molar refractivity (Wildman–Crippen MR) is 82.4 cm³/mol. The lowest BCUT2D eigenvalue weighted by Gasteiger charge is -2.04. The second-order valence-electron chi connectivity index (χ2n) is 4.09. The summed E-state index contributed by atoms with van der Waals surface area (Å²) in [5.74, 6) is 0. The monoisotopic (exact) mass is 318 g/mol. The lowest BCUT2D eigenvalue weighted by molar-refractivity contribution is 0.603. The van der Waals surface area contributed by atoms with Gasteiger partial charge in [0.2, 0.25) is 9.84 Å². The standard InChI is InChI=1S/C15H11ClN2O2S/c16-12-5-4-6-13(9-12)18-11-15(10-17)21(19,20)14-7-2-1-3-8-14/h1-9,11,18H. The first-order valence-corrected chi connectivity index (χ1v) is 7.82. The molecule has 4 nitrogen and oxygen atoms in total. The maximum atomic E-state index is 12.3. The van der Waals surface area contributed by atoms with Gasteiger partial charge >= 0.3 is 0 Å². The Labute approximate surface area is 128 Å². The second-order valence-corrected chi connectivity index (χ2v) is 6.45. The Morgan fingerprint density at radius 2 is 1.86 bits per heavy atom. The summed E-state index contributed by atoms with van der Waals surface area (Å²) in [4.78, 5) is -0.292. The number of benzene rings is 2. The first kappa shape index (κ1) is 15.1. The van der Waals surface area contributed by atoms with Gasteiger partial charge < -0.3 is 5.32 Å². The van der Waals surface area contributed by atoms with Crippen LogP contribution in [0, 0.1) is 11.3 Å². The summed E-state index contributed by atoms with van der Waals surface area (Å²) < 4.78 is 24.6. The topological polar surface area (TPSA) is 70.0 Å². The summed E-state index contributed by atoms with van der Waals surface area (Å²) in [6, 6.07) is 16.3. The van der Waals surface area contributed by atoms with E-state index in [2.05, 4.69) is 5.32 Å². The number of nitrogens with one attached hydrogen (secondary N) is 1. The Morgan fingerprint density at radius 1 is 1.14 bits per heavy atom. The SMILES string of the molecule is N#CC(=CNc1cccc(Cl)c1)S(=O)(=O)c1ccccc1. The minimum Gasteiger partial charge on any atom is -0.360 e. The summed E-state index contributed by atoms with van der Waals surface area (Å²) in [5.41, 5.74) is 0.596. The number of anilines is 1. The van der Waals surface area contributed by atoms with E-state index in [9.17, 15) is 8.42 Å². The van der Waals surface area contributed by atoms with Crippen LogP contribution in [0.2, 0.25) is 5.02 Å². The zero-order valence-electron chi connectivity index (χ0n) is 10.8. The van der Waals surface area contributed by atoms with Crippen molar-refractivity contribution in [1.82, 2.24) is 0 Å². The summed E-state index contributed by atoms with van der Waals surface area (Å²) in [7, 11) is -3.83. The van der Waals surface area contributed by atoms with Gasteiger partial charge in [0.1, 0.15) is 6.07 Å². The molecule has 0 heterocycles. The molecule has 1 N–H and O–H groups in total. The molecule has 2 aromatic carbocycles. The van der Waals surface area contributed by atoms with Crippen molar-refractivity contribution in [1.29, 1.82) is 5.26 Å². The van der Waals surface area contributed by atoms with Gasteiger partial charge in [-0.2, -0.15) is 5.26 Å². The molecule has 0 aromatic heterocycles. The molecule has 0 radical (unpaired) electrons. The molecule has 0 fully saturated rings. The van der Waals surface area contributed by atoms with Gasteiger partial charge in [-0.3, -0.25) is 0 Å². The van der Waals surface area contributed by atoms with E-state index in [4.69, 9.17) is 16.9 Å². The number of halogens is 1. The maximum Gasteiger partial charge on any atom is 0.218 e. The van der Waals surface area contributed by atoms with Crippen LogP contribution < -0.4 is 5.32 Å². The van der Waals surface area contributed by atoms with Crippen molar-refractivity contribution in [3.8, 4) is 6.07 Å². The summed E-state index contributed by atoms with van der Waals surface area (Å²) >= 11 is 5.84. The Hall–Kier alpha value is -2.29. The lowest BCUT2D eigenvalue weighted by Crippen LogP contribution is -2.05. The van der Waals surface area contributed by atoms with Gasteiger partial charge in [-0.05, 0) is 30.3 Å². The van der Waals surface area contributed by atoms with E-state index in [-0.39, 0.29) is 9.80 Å². The van der Waals surface area contributed by atoms with E-state index in [0.29, 0.717) is 10.7 Å². The second kappa shape index (κ2) is 6.44. The van der Waals surface area contributed by atoms with Crippen LogP contribution in [-0.2, 0) is 9.84 Å². The molecule has 0 unspecified atom stereocenters. The van der Waals surface area contributed by atoms with Gasteiger partial charge in [0, 0.05) is 16.9 Å². The number of hydrogen-bond donors (Lipinski definition) is 1. The molecule has 0 spiro atoms. The van der Waals surface area contributed by atoms with Gasteiger partial charge in [-0.15, -0.1) is 0 Å². The lowest BCUT2D eigenvalue weighted by atomic mass is 10.3. The first-order valence-electron chi connectivity index (χ1n) is 5.96. The highest BCUT2D eigenvalue weighted by molar-refractivity contribution is 7.95. The quantitative estimate of drug-likeness (QED) is 0.875. The third kappa shape index (κ3) is 3.63. The fraction of sp³-hybridized carbons (Fsp3) is 0. The molecule has 106 valence electrons. The third-order valence-electron chi connectivity index (χ3n) is 2.65. The molecule has 0 bridgehead atoms. The molecule has 0 aliphatic carbocycles. The fourth-order valence-corrected chi connectivity index (χ4v) is 2.92. The maximum absolute atomic E-state index is 12.3. The molecule has 2 rings (SSSR count). The molecule has 21 heavy (non-hydrogen) atoms. The number of sulfone groups is 1. The first-order chi connectivity index (χ1) is 10.0. The summed E-state index contributed by atoms with van der Waals surface area (Å²) in [6.45, 7) is 0. The highest BCUT2D eigenvalue weighted by Crippen LogP contribution is 2.20. The zero-order chi connectivity index (χ0) is 15.3. The van der Waals surface area contributed by atoms with Crippen LogP contribution in [0.25, 0.3) is 0 Å². The predicted octanol–water partition coefficient (Wildman–Crippen LogP) is 3.59. The number of hydrogen-bond acceptors (Lipinski definition) is 4. The Morgan fingerprint density at radius 3 is 2.48 bits per heavy atom. The van der Waals surface area contributed by atoms with E-state index >= 15 is 0 Å². The van der Waals surface area contributed by atoms with Crippen LogP contribution in [0.5, 0.6) is 0 Å². The van der Waals surface area contributed by atoms with Crippen LogP contribution in [-0.4, -0.2) is 8.42 Å². The summed E-state index contributed by atoms with van der Waals surface area (Å²) in [6.07, 6.45) is 1.16. The van der Waals surface area contributed by atoms with Crippen molar-refractivity contribution < 1.29 is 8.42 Å². The molecular formula is C15H11ClN2O2S. The van der Waals surface area contributed by atoms with Crippen LogP contribution in [0.4, 0.5) is 5.69 Å². The highest BCUT2D eigenvalue weighted by atomic mass is 35.5. The molecule has 2 aromatic rings. The summed E-state index contributed by atoms with van der Waals surface area (Å²) in [5, 5.41) is 12.4. The average molecular weight is 319 g/mol. The van der Waals surface area contributed by atoms with Crippen LogP contribution in [0.15, 0.2) is 70.6 Å². The Bertz CT molecular complexity index is 809. The van der Waals surface area contributed by atoms with Gasteiger partial charge in [0.25, 0.3) is 0 Å². The highest BCUT2D eigenvalue weighted by Gasteiger charge is 2.20. The smallest absolute Gasteiger partial charge is 0.218 e. The van der Waals surface area contributed by atoms with Crippen LogP contribution >= 0.6 is 11.6 Å². The fourth-order valence-electron chi connectivity index (χ4n) is 1.62. The Balaban J connectivity index is 2.32. The number of rotatable bonds is 4. The average Bonchev–Trinajstić information content (AvgIpc) is 2.48. The van der Waals surface area contributed by atoms with E-state index in [0.717, 1.165) is 6.20 Å². The van der Waals surface area contributed by atoms with E-state index < -0.39 is 9.84 Å². The molecule has 0 aliphatic rings. The molecule has 0 aliphatic heterocycles. The van der Waals surface area contributed by atoms with Gasteiger partial charge in [0.05, 0.1) is 4.90 Å². The van der Waals surface area contributed by atoms with Crippen LogP contribution in [0.1, 0.15) is 0 Å². The van der Waals surface area contributed by atoms with Crippen molar-refractivity contribution in [2.45, 2.75) is 4.90 Å². The van der Waals surface area contributed by atoms with E-state index in [1.165, 1.54) is 12.1 Å². The van der Waals surface area contributed by atoms with Crippen molar-refractivity contribution in [3.05, 3.63) is 70.7 Å². The number of allylic oxidation sites excluding steroid dienone is 1. The number of nitrogens with zero attached hydrogens (tertiary/aromatic N) is 1. The van der Waals surface area contributed by atoms with Crippen LogP contribution in [0.3, 0.4) is 0 Å². The molecule has 0 amide bonds. The van der Waals surface area contributed by atoms with Gasteiger partial charge in [-0.1, -0.05) is 35.9 Å². The van der Waals surface area contributed by atoms with E-state index in [1.807, 2.05) is 0 Å². The number of nitriles is 1. The third-order valence-corrected chi connectivity index (χ3v) is 4.56. The molecular weight excluding hydrogens is 308 g/mol. The largest absolute Gasteiger partial charge is 0.360 e. The van der Waals surface area contributed by atoms with Gasteiger partial charge in [0.15, 0.2) is 4.91 Å². The van der Waals surface area contributed by atoms with Crippen molar-refractivity contribution in [2.24, 2.45) is 0 Å². The minimum absolute atomic E-state index is 0.0747.